The zero-order valence-corrected chi connectivity index (χ0v) is 10.7. The van der Waals surface area contributed by atoms with Crippen LogP contribution in [0.25, 0.3) is 0 Å². The summed E-state index contributed by atoms with van der Waals surface area (Å²) in [7, 11) is 2.08. The van der Waals surface area contributed by atoms with E-state index in [9.17, 15) is 0 Å². The molecule has 0 bridgehead atoms. The van der Waals surface area contributed by atoms with Crippen LogP contribution in [0.5, 0.6) is 0 Å². The van der Waals surface area contributed by atoms with E-state index in [0.29, 0.717) is 0 Å². The van der Waals surface area contributed by atoms with Gasteiger partial charge in [0.15, 0.2) is 0 Å². The quantitative estimate of drug-likeness (QED) is 0.853. The molecule has 0 atom stereocenters. The molecule has 0 aliphatic heterocycles. The third-order valence-electron chi connectivity index (χ3n) is 2.42. The highest BCUT2D eigenvalue weighted by Gasteiger charge is 2.05. The van der Waals surface area contributed by atoms with E-state index in [1.165, 1.54) is 5.56 Å². The van der Waals surface area contributed by atoms with E-state index in [-0.39, 0.29) is 0 Å². The monoisotopic (exact) mass is 276 g/mol. The number of benzene rings is 1. The lowest BCUT2D eigenvalue weighted by molar-refractivity contribution is 0.917. The van der Waals surface area contributed by atoms with Gasteiger partial charge in [-0.05, 0) is 27.6 Å². The maximum absolute atomic E-state index is 4.06. The Morgan fingerprint density at radius 1 is 1.19 bits per heavy atom. The fourth-order valence-corrected chi connectivity index (χ4v) is 2.17. The first-order valence-electron chi connectivity index (χ1n) is 5.12. The standard InChI is InChI=1S/C13H13BrN2/c1-16(10-11-5-3-2-4-6-11)13-7-8-15-9-12(13)14/h2-9H,10H2,1H3. The third-order valence-corrected chi connectivity index (χ3v) is 3.04. The van der Waals surface area contributed by atoms with Gasteiger partial charge in [0.1, 0.15) is 0 Å². The Labute approximate surface area is 104 Å². The zero-order chi connectivity index (χ0) is 11.4. The summed E-state index contributed by atoms with van der Waals surface area (Å²) in [6.07, 6.45) is 3.62. The number of anilines is 1. The van der Waals surface area contributed by atoms with Crippen LogP contribution in [0.2, 0.25) is 0 Å². The first-order valence-corrected chi connectivity index (χ1v) is 5.91. The first-order chi connectivity index (χ1) is 7.77. The van der Waals surface area contributed by atoms with E-state index in [2.05, 4.69) is 57.1 Å². The fourth-order valence-electron chi connectivity index (χ4n) is 1.62. The molecule has 1 heterocycles. The first kappa shape index (κ1) is 11.1. The van der Waals surface area contributed by atoms with Crippen LogP contribution in [0, 0.1) is 0 Å². The average Bonchev–Trinajstić information content (AvgIpc) is 2.31. The fraction of sp³-hybridized carbons (Fsp3) is 0.154. The highest BCUT2D eigenvalue weighted by molar-refractivity contribution is 9.10. The number of hydrogen-bond acceptors (Lipinski definition) is 2. The van der Waals surface area contributed by atoms with Crippen LogP contribution in [0.4, 0.5) is 5.69 Å². The van der Waals surface area contributed by atoms with Gasteiger partial charge in [-0.2, -0.15) is 0 Å². The molecule has 0 unspecified atom stereocenters. The van der Waals surface area contributed by atoms with E-state index in [4.69, 9.17) is 0 Å². The van der Waals surface area contributed by atoms with Gasteiger partial charge in [-0.15, -0.1) is 0 Å². The highest BCUT2D eigenvalue weighted by atomic mass is 79.9. The van der Waals surface area contributed by atoms with Crippen LogP contribution in [-0.2, 0) is 6.54 Å². The lowest BCUT2D eigenvalue weighted by Gasteiger charge is -2.20. The molecule has 0 aliphatic rings. The number of pyridine rings is 1. The van der Waals surface area contributed by atoms with Gasteiger partial charge in [0.2, 0.25) is 0 Å². The second kappa shape index (κ2) is 5.12. The Kier molecular flexibility index (Phi) is 3.57. The van der Waals surface area contributed by atoms with Crippen molar-refractivity contribution >= 4 is 21.6 Å². The van der Waals surface area contributed by atoms with Crippen molar-refractivity contribution in [2.75, 3.05) is 11.9 Å². The molecular formula is C13H13BrN2. The largest absolute Gasteiger partial charge is 0.369 e. The molecule has 3 heteroatoms. The van der Waals surface area contributed by atoms with Gasteiger partial charge in [-0.1, -0.05) is 30.3 Å². The number of rotatable bonds is 3. The van der Waals surface area contributed by atoms with Crippen LogP contribution < -0.4 is 4.90 Å². The van der Waals surface area contributed by atoms with E-state index < -0.39 is 0 Å². The smallest absolute Gasteiger partial charge is 0.0592 e. The average molecular weight is 277 g/mol. The van der Waals surface area contributed by atoms with Gasteiger partial charge >= 0.3 is 0 Å². The van der Waals surface area contributed by atoms with Gasteiger partial charge < -0.3 is 4.90 Å². The molecular weight excluding hydrogens is 264 g/mol. The Hall–Kier alpha value is -1.35. The molecule has 2 rings (SSSR count). The van der Waals surface area contributed by atoms with E-state index >= 15 is 0 Å². The van der Waals surface area contributed by atoms with E-state index in [0.717, 1.165) is 16.7 Å². The van der Waals surface area contributed by atoms with Gasteiger partial charge in [0, 0.05) is 26.0 Å². The van der Waals surface area contributed by atoms with Crippen molar-refractivity contribution in [1.82, 2.24) is 4.98 Å². The maximum atomic E-state index is 4.06. The Balaban J connectivity index is 2.15. The summed E-state index contributed by atoms with van der Waals surface area (Å²) in [4.78, 5) is 6.26. The third kappa shape index (κ3) is 2.61. The minimum Gasteiger partial charge on any atom is -0.369 e. The van der Waals surface area contributed by atoms with Crippen LogP contribution in [0.1, 0.15) is 5.56 Å². The molecule has 0 radical (unpaired) electrons. The minimum atomic E-state index is 0.892. The van der Waals surface area contributed by atoms with E-state index in [1.807, 2.05) is 24.5 Å². The number of hydrogen-bond donors (Lipinski definition) is 0. The molecule has 0 spiro atoms. The summed E-state index contributed by atoms with van der Waals surface area (Å²) in [6.45, 7) is 0.892. The molecule has 82 valence electrons. The predicted octanol–water partition coefficient (Wildman–Crippen LogP) is 3.48. The molecule has 1 aromatic carbocycles. The van der Waals surface area contributed by atoms with E-state index in [1.54, 1.807) is 0 Å². The molecule has 0 saturated heterocycles. The molecule has 0 N–H and O–H groups in total. The lowest BCUT2D eigenvalue weighted by Crippen LogP contribution is -2.16. The van der Waals surface area contributed by atoms with Crippen molar-refractivity contribution in [2.45, 2.75) is 6.54 Å². The SMILES string of the molecule is CN(Cc1ccccc1)c1ccncc1Br. The van der Waals surface area contributed by atoms with Crippen LogP contribution in [0.15, 0.2) is 53.3 Å². The normalized spacial score (nSPS) is 10.1. The van der Waals surface area contributed by atoms with Crippen molar-refractivity contribution in [3.8, 4) is 0 Å². The molecule has 2 aromatic rings. The molecule has 0 amide bonds. The van der Waals surface area contributed by atoms with Crippen molar-refractivity contribution in [1.29, 1.82) is 0 Å². The summed E-state index contributed by atoms with van der Waals surface area (Å²) in [5, 5.41) is 0. The minimum absolute atomic E-state index is 0.892. The summed E-state index contributed by atoms with van der Waals surface area (Å²) < 4.78 is 1.02. The van der Waals surface area contributed by atoms with Crippen molar-refractivity contribution < 1.29 is 0 Å². The topological polar surface area (TPSA) is 16.1 Å². The van der Waals surface area contributed by atoms with Crippen molar-refractivity contribution in [2.24, 2.45) is 0 Å². The van der Waals surface area contributed by atoms with Gasteiger partial charge in [-0.3, -0.25) is 4.98 Å². The number of halogens is 1. The maximum Gasteiger partial charge on any atom is 0.0592 e. The molecule has 0 saturated carbocycles. The second-order valence-electron chi connectivity index (χ2n) is 3.67. The van der Waals surface area contributed by atoms with Gasteiger partial charge in [0.25, 0.3) is 0 Å². The van der Waals surface area contributed by atoms with Gasteiger partial charge in [-0.25, -0.2) is 0 Å². The Morgan fingerprint density at radius 2 is 1.94 bits per heavy atom. The summed E-state index contributed by atoms with van der Waals surface area (Å²) >= 11 is 3.51. The molecule has 0 fully saturated rings. The van der Waals surface area contributed by atoms with Crippen LogP contribution in [0.3, 0.4) is 0 Å². The summed E-state index contributed by atoms with van der Waals surface area (Å²) in [5.74, 6) is 0. The number of nitrogens with zero attached hydrogens (tertiary/aromatic N) is 2. The Bertz CT molecular complexity index is 456. The summed E-state index contributed by atoms with van der Waals surface area (Å²) in [6, 6.07) is 12.4. The van der Waals surface area contributed by atoms with Crippen molar-refractivity contribution in [3.63, 3.8) is 0 Å². The van der Waals surface area contributed by atoms with Crippen LogP contribution in [-0.4, -0.2) is 12.0 Å². The summed E-state index contributed by atoms with van der Waals surface area (Å²) in [5.41, 5.74) is 2.45. The molecule has 0 aliphatic carbocycles. The highest BCUT2D eigenvalue weighted by Crippen LogP contribution is 2.24. The Morgan fingerprint density at radius 3 is 2.62 bits per heavy atom. The van der Waals surface area contributed by atoms with Crippen molar-refractivity contribution in [3.05, 3.63) is 58.8 Å². The zero-order valence-electron chi connectivity index (χ0n) is 9.10. The molecule has 1 aromatic heterocycles. The predicted molar refractivity (Wildman–Crippen MR) is 70.5 cm³/mol. The second-order valence-corrected chi connectivity index (χ2v) is 4.52. The number of aromatic nitrogens is 1. The molecule has 2 nitrogen and oxygen atoms in total. The molecule has 16 heavy (non-hydrogen) atoms. The van der Waals surface area contributed by atoms with Gasteiger partial charge in [0.05, 0.1) is 10.2 Å². The van der Waals surface area contributed by atoms with Crippen LogP contribution >= 0.6 is 15.9 Å². The lowest BCUT2D eigenvalue weighted by atomic mass is 10.2.